The van der Waals surface area contributed by atoms with Crippen molar-refractivity contribution in [1.82, 2.24) is 9.80 Å². The first-order valence-electron chi connectivity index (χ1n) is 13.7. The van der Waals surface area contributed by atoms with Crippen molar-refractivity contribution in [2.75, 3.05) is 26.7 Å². The molecule has 1 aliphatic carbocycles. The third kappa shape index (κ3) is 7.46. The maximum absolute atomic E-state index is 13.5. The maximum atomic E-state index is 13.5. The zero-order valence-corrected chi connectivity index (χ0v) is 21.9. The molecule has 2 atom stereocenters. The molecular weight excluding hydrogens is 471 g/mol. The van der Waals surface area contributed by atoms with Crippen LogP contribution in [0.25, 0.3) is 0 Å². The summed E-state index contributed by atoms with van der Waals surface area (Å²) in [6.45, 7) is 1.65. The molecule has 1 heterocycles. The van der Waals surface area contributed by atoms with E-state index in [9.17, 15) is 14.0 Å². The average molecular weight is 511 g/mol. The summed E-state index contributed by atoms with van der Waals surface area (Å²) < 4.78 is 25.5. The van der Waals surface area contributed by atoms with Gasteiger partial charge in [-0.1, -0.05) is 37.8 Å². The van der Waals surface area contributed by atoms with Crippen LogP contribution in [-0.4, -0.2) is 60.5 Å². The first kappa shape index (κ1) is 27.0. The number of carbonyl (C=O) groups is 2. The van der Waals surface area contributed by atoms with Gasteiger partial charge in [0, 0.05) is 20.1 Å². The standard InChI is InChI=1S/C30H39FN2O4/c1-32-20-9-3-2-4-10-21-33(29(34)19-22-36-24-17-15-23(31)16-18-24)26-12-6-8-14-28(26)37-27-13-7-5-11-25(27)30(32)35/h5,7,11,13,15-18,26,28H,2-4,6,8-10,12,14,19-22H2,1H3/t26-,28+/m1/s1. The number of amides is 2. The van der Waals surface area contributed by atoms with Crippen LogP contribution in [0.1, 0.15) is 74.6 Å². The van der Waals surface area contributed by atoms with Crippen LogP contribution in [0, 0.1) is 5.82 Å². The predicted molar refractivity (Wildman–Crippen MR) is 141 cm³/mol. The minimum Gasteiger partial charge on any atom is -0.493 e. The molecule has 6 nitrogen and oxygen atoms in total. The molecule has 0 spiro atoms. The normalized spacial score (nSPS) is 21.6. The van der Waals surface area contributed by atoms with Gasteiger partial charge in [0.1, 0.15) is 23.4 Å². The predicted octanol–water partition coefficient (Wildman–Crippen LogP) is 5.85. The summed E-state index contributed by atoms with van der Waals surface area (Å²) in [5.74, 6) is 0.859. The average Bonchev–Trinajstić information content (AvgIpc) is 2.91. The van der Waals surface area contributed by atoms with E-state index in [-0.39, 0.29) is 42.8 Å². The van der Waals surface area contributed by atoms with E-state index >= 15 is 0 Å². The molecule has 2 aromatic rings. The number of rotatable bonds is 4. The zero-order chi connectivity index (χ0) is 26.0. The van der Waals surface area contributed by atoms with Crippen molar-refractivity contribution in [3.05, 3.63) is 59.9 Å². The summed E-state index contributed by atoms with van der Waals surface area (Å²) in [6, 6.07) is 13.3. The zero-order valence-electron chi connectivity index (χ0n) is 21.9. The Balaban J connectivity index is 1.51. The summed E-state index contributed by atoms with van der Waals surface area (Å²) in [5.41, 5.74) is 0.578. The molecule has 1 fully saturated rings. The van der Waals surface area contributed by atoms with Crippen molar-refractivity contribution < 1.29 is 23.5 Å². The molecule has 2 amide bonds. The molecule has 4 rings (SSSR count). The first-order chi connectivity index (χ1) is 18.0. The molecule has 0 N–H and O–H groups in total. The number of fused-ring (bicyclic) bond motifs is 2. The number of carbonyl (C=O) groups excluding carboxylic acids is 2. The molecule has 0 radical (unpaired) electrons. The van der Waals surface area contributed by atoms with E-state index in [0.717, 1.165) is 64.3 Å². The first-order valence-corrected chi connectivity index (χ1v) is 13.7. The van der Waals surface area contributed by atoms with Crippen LogP contribution < -0.4 is 9.47 Å². The molecule has 2 aromatic carbocycles. The third-order valence-corrected chi connectivity index (χ3v) is 7.42. The quantitative estimate of drug-likeness (QED) is 0.518. The Kier molecular flexibility index (Phi) is 9.80. The lowest BCUT2D eigenvalue weighted by Crippen LogP contribution is -2.51. The number of ether oxygens (including phenoxy) is 2. The summed E-state index contributed by atoms with van der Waals surface area (Å²) in [7, 11) is 1.86. The summed E-state index contributed by atoms with van der Waals surface area (Å²) >= 11 is 0. The molecule has 200 valence electrons. The van der Waals surface area contributed by atoms with Gasteiger partial charge in [0.15, 0.2) is 0 Å². The second kappa shape index (κ2) is 13.5. The second-order valence-corrected chi connectivity index (χ2v) is 10.1. The van der Waals surface area contributed by atoms with Gasteiger partial charge < -0.3 is 19.3 Å². The molecule has 1 saturated carbocycles. The summed E-state index contributed by atoms with van der Waals surface area (Å²) in [6.07, 6.45) is 8.98. The van der Waals surface area contributed by atoms with Crippen LogP contribution in [0.3, 0.4) is 0 Å². The van der Waals surface area contributed by atoms with Crippen LogP contribution in [0.5, 0.6) is 11.5 Å². The van der Waals surface area contributed by atoms with Crippen molar-refractivity contribution in [1.29, 1.82) is 0 Å². The van der Waals surface area contributed by atoms with Crippen LogP contribution in [0.2, 0.25) is 0 Å². The minimum absolute atomic E-state index is 0.0243. The molecule has 0 aromatic heterocycles. The van der Waals surface area contributed by atoms with Crippen molar-refractivity contribution in [3.8, 4) is 11.5 Å². The monoisotopic (exact) mass is 510 g/mol. The molecule has 0 unspecified atom stereocenters. The van der Waals surface area contributed by atoms with E-state index in [1.165, 1.54) is 12.1 Å². The highest BCUT2D eigenvalue weighted by Gasteiger charge is 2.35. The van der Waals surface area contributed by atoms with Crippen molar-refractivity contribution in [3.63, 3.8) is 0 Å². The highest BCUT2D eigenvalue weighted by atomic mass is 19.1. The topological polar surface area (TPSA) is 59.1 Å². The van der Waals surface area contributed by atoms with Gasteiger partial charge in [-0.3, -0.25) is 9.59 Å². The number of hydrogen-bond acceptors (Lipinski definition) is 4. The SMILES string of the molecule is CN1CCCCCCCN(C(=O)CCOc2ccc(F)cc2)[C@@H]2CCCC[C@@H]2Oc2ccccc2C1=O. The van der Waals surface area contributed by atoms with Crippen molar-refractivity contribution in [2.45, 2.75) is 76.4 Å². The number of nitrogens with zero attached hydrogens (tertiary/aromatic N) is 2. The van der Waals surface area contributed by atoms with E-state index in [2.05, 4.69) is 0 Å². The summed E-state index contributed by atoms with van der Waals surface area (Å²) in [4.78, 5) is 30.5. The van der Waals surface area contributed by atoms with E-state index < -0.39 is 0 Å². The molecule has 1 aliphatic heterocycles. The van der Waals surface area contributed by atoms with Crippen molar-refractivity contribution >= 4 is 11.8 Å². The molecule has 0 bridgehead atoms. The fourth-order valence-corrected chi connectivity index (χ4v) is 5.36. The molecular formula is C30H39FN2O4. The van der Waals surface area contributed by atoms with Gasteiger partial charge in [0.25, 0.3) is 5.91 Å². The molecule has 37 heavy (non-hydrogen) atoms. The molecule has 2 aliphatic rings. The van der Waals surface area contributed by atoms with Crippen LogP contribution in [-0.2, 0) is 4.79 Å². The number of halogens is 1. The Labute approximate surface area is 219 Å². The lowest BCUT2D eigenvalue weighted by atomic mass is 9.90. The van der Waals surface area contributed by atoms with Gasteiger partial charge in [-0.25, -0.2) is 4.39 Å². The van der Waals surface area contributed by atoms with Gasteiger partial charge in [0.05, 0.1) is 24.6 Å². The van der Waals surface area contributed by atoms with E-state index in [4.69, 9.17) is 9.47 Å². The number of benzene rings is 2. The Morgan fingerprint density at radius 2 is 1.65 bits per heavy atom. The fraction of sp³-hybridized carbons (Fsp3) is 0.533. The maximum Gasteiger partial charge on any atom is 0.257 e. The summed E-state index contributed by atoms with van der Waals surface area (Å²) in [5, 5.41) is 0. The van der Waals surface area contributed by atoms with E-state index in [1.54, 1.807) is 17.0 Å². The Morgan fingerprint density at radius 3 is 2.46 bits per heavy atom. The largest absolute Gasteiger partial charge is 0.493 e. The van der Waals surface area contributed by atoms with E-state index in [0.29, 0.717) is 23.6 Å². The third-order valence-electron chi connectivity index (χ3n) is 7.42. The second-order valence-electron chi connectivity index (χ2n) is 10.1. The number of hydrogen-bond donors (Lipinski definition) is 0. The lowest BCUT2D eigenvalue weighted by Gasteiger charge is -2.40. The Hall–Kier alpha value is -3.09. The minimum atomic E-state index is -0.316. The van der Waals surface area contributed by atoms with Gasteiger partial charge in [-0.15, -0.1) is 0 Å². The van der Waals surface area contributed by atoms with Crippen molar-refractivity contribution in [2.24, 2.45) is 0 Å². The van der Waals surface area contributed by atoms with Gasteiger partial charge >= 0.3 is 0 Å². The molecule has 0 saturated heterocycles. The number of para-hydroxylation sites is 1. The Morgan fingerprint density at radius 1 is 0.946 bits per heavy atom. The van der Waals surface area contributed by atoms with Gasteiger partial charge in [0.2, 0.25) is 5.91 Å². The van der Waals surface area contributed by atoms with Crippen LogP contribution >= 0.6 is 0 Å². The Bertz CT molecular complexity index is 1030. The highest BCUT2D eigenvalue weighted by molar-refractivity contribution is 5.96. The smallest absolute Gasteiger partial charge is 0.257 e. The van der Waals surface area contributed by atoms with Gasteiger partial charge in [-0.2, -0.15) is 0 Å². The highest BCUT2D eigenvalue weighted by Crippen LogP contribution is 2.31. The van der Waals surface area contributed by atoms with E-state index in [1.807, 2.05) is 36.2 Å². The van der Waals surface area contributed by atoms with Crippen LogP contribution in [0.4, 0.5) is 4.39 Å². The fourth-order valence-electron chi connectivity index (χ4n) is 5.36. The van der Waals surface area contributed by atoms with Gasteiger partial charge in [-0.05, 0) is 68.5 Å². The lowest BCUT2D eigenvalue weighted by molar-refractivity contribution is -0.137. The molecule has 7 heteroatoms. The van der Waals surface area contributed by atoms with Crippen LogP contribution in [0.15, 0.2) is 48.5 Å².